The zero-order valence-electron chi connectivity index (χ0n) is 11.0. The lowest BCUT2D eigenvalue weighted by molar-refractivity contribution is 0.171. The predicted octanol–water partition coefficient (Wildman–Crippen LogP) is 4.62. The Morgan fingerprint density at radius 3 is 2.81 bits per heavy atom. The minimum absolute atomic E-state index is 0.289. The molecule has 0 bridgehead atoms. The molecule has 110 valence electrons. The molecule has 0 saturated carbocycles. The molecule has 0 amide bonds. The van der Waals surface area contributed by atoms with E-state index < -0.39 is 0 Å². The van der Waals surface area contributed by atoms with Crippen molar-refractivity contribution >= 4 is 33.2 Å². The summed E-state index contributed by atoms with van der Waals surface area (Å²) in [5.74, 6) is 0.963. The van der Waals surface area contributed by atoms with Crippen molar-refractivity contribution in [3.63, 3.8) is 0 Å². The zero-order chi connectivity index (χ0) is 14.8. The van der Waals surface area contributed by atoms with E-state index in [9.17, 15) is 4.39 Å². The summed E-state index contributed by atoms with van der Waals surface area (Å²) < 4.78 is 24.6. The molecule has 3 nitrogen and oxygen atoms in total. The van der Waals surface area contributed by atoms with Gasteiger partial charge < -0.3 is 14.8 Å². The van der Waals surface area contributed by atoms with Gasteiger partial charge in [-0.25, -0.2) is 4.39 Å². The smallest absolute Gasteiger partial charge is 0.179 e. The molecule has 0 atom stereocenters. The van der Waals surface area contributed by atoms with E-state index in [0.29, 0.717) is 40.8 Å². The van der Waals surface area contributed by atoms with Gasteiger partial charge >= 0.3 is 0 Å². The Morgan fingerprint density at radius 1 is 1.19 bits per heavy atom. The molecule has 0 aromatic heterocycles. The topological polar surface area (TPSA) is 30.5 Å². The molecule has 0 radical (unpaired) electrons. The van der Waals surface area contributed by atoms with E-state index in [0.717, 1.165) is 11.3 Å². The van der Waals surface area contributed by atoms with Crippen molar-refractivity contribution in [1.82, 2.24) is 0 Å². The molecule has 1 aliphatic heterocycles. The summed E-state index contributed by atoms with van der Waals surface area (Å²) >= 11 is 9.35. The SMILES string of the molecule is Fc1ccc(NCc2cc(Cl)c3c(c2)OCCO3)cc1Br. The highest BCUT2D eigenvalue weighted by atomic mass is 79.9. The van der Waals surface area contributed by atoms with Crippen molar-refractivity contribution in [2.24, 2.45) is 0 Å². The molecule has 2 aromatic rings. The molecule has 0 unspecified atom stereocenters. The molecule has 0 fully saturated rings. The first-order valence-corrected chi connectivity index (χ1v) is 7.57. The highest BCUT2D eigenvalue weighted by Crippen LogP contribution is 2.38. The maximum Gasteiger partial charge on any atom is 0.179 e. The number of hydrogen-bond donors (Lipinski definition) is 1. The highest BCUT2D eigenvalue weighted by Gasteiger charge is 2.16. The van der Waals surface area contributed by atoms with Crippen LogP contribution >= 0.6 is 27.5 Å². The molecule has 0 spiro atoms. The van der Waals surface area contributed by atoms with Crippen LogP contribution in [0.5, 0.6) is 11.5 Å². The van der Waals surface area contributed by atoms with Crippen LogP contribution in [0.15, 0.2) is 34.8 Å². The van der Waals surface area contributed by atoms with Gasteiger partial charge in [0.15, 0.2) is 11.5 Å². The minimum Gasteiger partial charge on any atom is -0.486 e. The van der Waals surface area contributed by atoms with Crippen LogP contribution in [0.2, 0.25) is 5.02 Å². The van der Waals surface area contributed by atoms with Crippen molar-refractivity contribution in [3.8, 4) is 11.5 Å². The summed E-state index contributed by atoms with van der Waals surface area (Å²) in [6, 6.07) is 8.50. The van der Waals surface area contributed by atoms with Gasteiger partial charge in [-0.15, -0.1) is 0 Å². The Bertz CT molecular complexity index is 681. The van der Waals surface area contributed by atoms with Crippen LogP contribution in [0.25, 0.3) is 0 Å². The quantitative estimate of drug-likeness (QED) is 0.852. The lowest BCUT2D eigenvalue weighted by Crippen LogP contribution is -2.16. The Labute approximate surface area is 135 Å². The molecule has 1 N–H and O–H groups in total. The number of ether oxygens (including phenoxy) is 2. The second kappa shape index (κ2) is 6.12. The molecule has 2 aromatic carbocycles. The lowest BCUT2D eigenvalue weighted by Gasteiger charge is -2.20. The maximum atomic E-state index is 13.2. The minimum atomic E-state index is -0.289. The van der Waals surface area contributed by atoms with Crippen LogP contribution in [0.4, 0.5) is 10.1 Å². The number of rotatable bonds is 3. The number of benzene rings is 2. The second-order valence-corrected chi connectivity index (χ2v) is 5.85. The third-order valence-corrected chi connectivity index (χ3v) is 3.96. The van der Waals surface area contributed by atoms with Crippen LogP contribution in [0, 0.1) is 5.82 Å². The summed E-state index contributed by atoms with van der Waals surface area (Å²) in [6.45, 7) is 1.58. The fourth-order valence-electron chi connectivity index (χ4n) is 2.08. The highest BCUT2D eigenvalue weighted by molar-refractivity contribution is 9.10. The maximum absolute atomic E-state index is 13.2. The van der Waals surface area contributed by atoms with Crippen LogP contribution in [0.3, 0.4) is 0 Å². The van der Waals surface area contributed by atoms with Gasteiger partial charge in [0.25, 0.3) is 0 Å². The van der Waals surface area contributed by atoms with Gasteiger partial charge in [-0.1, -0.05) is 11.6 Å². The largest absolute Gasteiger partial charge is 0.486 e. The first-order valence-electron chi connectivity index (χ1n) is 6.40. The average Bonchev–Trinajstić information content (AvgIpc) is 2.49. The van der Waals surface area contributed by atoms with Crippen LogP contribution < -0.4 is 14.8 Å². The number of anilines is 1. The summed E-state index contributed by atoms with van der Waals surface area (Å²) in [4.78, 5) is 0. The molecule has 3 rings (SSSR count). The van der Waals surface area contributed by atoms with Crippen molar-refractivity contribution < 1.29 is 13.9 Å². The van der Waals surface area contributed by atoms with E-state index in [-0.39, 0.29) is 5.82 Å². The van der Waals surface area contributed by atoms with Crippen LogP contribution in [-0.4, -0.2) is 13.2 Å². The van der Waals surface area contributed by atoms with E-state index in [1.54, 1.807) is 12.1 Å². The Balaban J connectivity index is 1.76. The second-order valence-electron chi connectivity index (χ2n) is 4.58. The van der Waals surface area contributed by atoms with E-state index in [4.69, 9.17) is 21.1 Å². The molecular weight excluding hydrogens is 361 g/mol. The van der Waals surface area contributed by atoms with Gasteiger partial charge in [0.2, 0.25) is 0 Å². The Hall–Kier alpha value is -1.46. The molecule has 21 heavy (non-hydrogen) atoms. The fourth-order valence-corrected chi connectivity index (χ4v) is 2.74. The molecule has 1 aliphatic rings. The number of fused-ring (bicyclic) bond motifs is 1. The summed E-state index contributed by atoms with van der Waals surface area (Å²) in [5, 5.41) is 3.74. The average molecular weight is 373 g/mol. The summed E-state index contributed by atoms with van der Waals surface area (Å²) in [5.41, 5.74) is 1.78. The van der Waals surface area contributed by atoms with Crippen molar-refractivity contribution in [2.45, 2.75) is 6.54 Å². The van der Waals surface area contributed by atoms with E-state index in [1.165, 1.54) is 6.07 Å². The normalized spacial score (nSPS) is 13.1. The Morgan fingerprint density at radius 2 is 2.00 bits per heavy atom. The van der Waals surface area contributed by atoms with Crippen molar-refractivity contribution in [1.29, 1.82) is 0 Å². The van der Waals surface area contributed by atoms with E-state index in [2.05, 4.69) is 21.2 Å². The van der Waals surface area contributed by atoms with Crippen LogP contribution in [-0.2, 0) is 6.54 Å². The summed E-state index contributed by atoms with van der Waals surface area (Å²) in [6.07, 6.45) is 0. The van der Waals surface area contributed by atoms with Gasteiger partial charge in [0, 0.05) is 12.2 Å². The standard InChI is InChI=1S/C15H12BrClFNO2/c16-11-7-10(1-2-13(11)18)19-8-9-5-12(17)15-14(6-9)20-3-4-21-15/h1-2,5-7,19H,3-4,8H2. The predicted molar refractivity (Wildman–Crippen MR) is 83.9 cm³/mol. The van der Waals surface area contributed by atoms with Gasteiger partial charge in [0.05, 0.1) is 9.50 Å². The number of hydrogen-bond acceptors (Lipinski definition) is 3. The molecular formula is C15H12BrClFNO2. The monoisotopic (exact) mass is 371 g/mol. The summed E-state index contributed by atoms with van der Waals surface area (Å²) in [7, 11) is 0. The first kappa shape index (κ1) is 14.5. The van der Waals surface area contributed by atoms with E-state index >= 15 is 0 Å². The molecule has 1 heterocycles. The van der Waals surface area contributed by atoms with Crippen LogP contribution in [0.1, 0.15) is 5.56 Å². The fraction of sp³-hybridized carbons (Fsp3) is 0.200. The van der Waals surface area contributed by atoms with Gasteiger partial charge in [-0.3, -0.25) is 0 Å². The lowest BCUT2D eigenvalue weighted by atomic mass is 10.2. The molecule has 6 heteroatoms. The van der Waals surface area contributed by atoms with Gasteiger partial charge in [-0.2, -0.15) is 0 Å². The van der Waals surface area contributed by atoms with Gasteiger partial charge in [-0.05, 0) is 51.8 Å². The Kier molecular flexibility index (Phi) is 4.22. The number of nitrogens with one attached hydrogen (secondary N) is 1. The van der Waals surface area contributed by atoms with Gasteiger partial charge in [0.1, 0.15) is 19.0 Å². The molecule has 0 aliphatic carbocycles. The third-order valence-electron chi connectivity index (χ3n) is 3.07. The van der Waals surface area contributed by atoms with Crippen molar-refractivity contribution in [3.05, 3.63) is 51.2 Å². The first-order chi connectivity index (χ1) is 10.1. The van der Waals surface area contributed by atoms with Crippen molar-refractivity contribution in [2.75, 3.05) is 18.5 Å². The third kappa shape index (κ3) is 3.24. The van der Waals surface area contributed by atoms with E-state index in [1.807, 2.05) is 12.1 Å². The number of halogens is 3. The molecule has 0 saturated heterocycles. The zero-order valence-corrected chi connectivity index (χ0v) is 13.3.